The van der Waals surface area contributed by atoms with Crippen LogP contribution in [0.15, 0.2) is 29.2 Å². The van der Waals surface area contributed by atoms with Gasteiger partial charge in [-0.1, -0.05) is 6.07 Å². The maximum Gasteiger partial charge on any atom is 0.333 e. The van der Waals surface area contributed by atoms with Gasteiger partial charge in [-0.15, -0.1) is 0 Å². The molecule has 9 nitrogen and oxygen atoms in total. The second-order valence-electron chi connectivity index (χ2n) is 8.55. The molecular weight excluding hydrogens is 438 g/mol. The zero-order chi connectivity index (χ0) is 23.4. The zero-order valence-electron chi connectivity index (χ0n) is 17.7. The molecule has 172 valence electrons. The third kappa shape index (κ3) is 3.62. The maximum absolute atomic E-state index is 13.9. The second-order valence-corrected chi connectivity index (χ2v) is 8.55. The average Bonchev–Trinajstić information content (AvgIpc) is 3.56. The van der Waals surface area contributed by atoms with Crippen LogP contribution in [0, 0.1) is 16.5 Å². The molecule has 1 N–H and O–H groups in total. The number of amides is 2. The summed E-state index contributed by atoms with van der Waals surface area (Å²) in [5.41, 5.74) is -1.59. The van der Waals surface area contributed by atoms with E-state index in [0.717, 1.165) is 6.07 Å². The molecule has 5 rings (SSSR count). The summed E-state index contributed by atoms with van der Waals surface area (Å²) in [4.78, 5) is 53.8. The van der Waals surface area contributed by atoms with E-state index in [0.29, 0.717) is 30.3 Å². The molecule has 0 unspecified atom stereocenters. The van der Waals surface area contributed by atoms with Gasteiger partial charge in [0, 0.05) is 46.9 Å². The quantitative estimate of drug-likeness (QED) is 0.688. The van der Waals surface area contributed by atoms with Gasteiger partial charge in [0.05, 0.1) is 19.2 Å². The van der Waals surface area contributed by atoms with Crippen LogP contribution in [0.4, 0.5) is 14.5 Å². The average molecular weight is 459 g/mol. The molecule has 3 heterocycles. The number of hydrogen-bond acceptors (Lipinski definition) is 5. The van der Waals surface area contributed by atoms with Crippen molar-refractivity contribution in [1.82, 2.24) is 14.8 Å². The minimum atomic E-state index is -0.861. The Morgan fingerprint density at radius 3 is 2.73 bits per heavy atom. The van der Waals surface area contributed by atoms with Crippen molar-refractivity contribution in [2.24, 2.45) is 0 Å². The molecule has 0 spiro atoms. The molecule has 2 aliphatic heterocycles. The van der Waals surface area contributed by atoms with E-state index in [9.17, 15) is 28.1 Å². The number of aromatic nitrogens is 1. The third-order valence-corrected chi connectivity index (χ3v) is 6.16. The number of fused-ring (bicyclic) bond motifs is 2. The second kappa shape index (κ2) is 7.84. The van der Waals surface area contributed by atoms with E-state index in [4.69, 9.17) is 4.74 Å². The van der Waals surface area contributed by atoms with Crippen LogP contribution in [-0.2, 0) is 17.8 Å². The van der Waals surface area contributed by atoms with E-state index in [2.05, 4.69) is 5.32 Å². The van der Waals surface area contributed by atoms with Gasteiger partial charge in [-0.25, -0.2) is 8.78 Å². The van der Waals surface area contributed by atoms with E-state index in [-0.39, 0.29) is 41.6 Å². The molecule has 0 bridgehead atoms. The molecule has 1 aromatic heterocycles. The Balaban J connectivity index is 1.53. The molecule has 33 heavy (non-hydrogen) atoms. The van der Waals surface area contributed by atoms with Crippen LogP contribution < -0.4 is 10.7 Å². The number of rotatable bonds is 5. The van der Waals surface area contributed by atoms with E-state index < -0.39 is 41.1 Å². The zero-order valence-corrected chi connectivity index (χ0v) is 17.7. The van der Waals surface area contributed by atoms with Crippen molar-refractivity contribution >= 4 is 17.5 Å². The van der Waals surface area contributed by atoms with Gasteiger partial charge in [0.2, 0.25) is 6.04 Å². The van der Waals surface area contributed by atoms with Gasteiger partial charge in [-0.05, 0) is 13.0 Å². The summed E-state index contributed by atoms with van der Waals surface area (Å²) in [6, 6.07) is 2.30. The SMILES string of the molecule is C[C@H]1CO[C@@H]2Cn3cc(C(=O)NCc4ccc(F)cc4F)c(=O)c([N+](=O)C4CC4)c3C(=O)N12. The fourth-order valence-electron chi connectivity index (χ4n) is 4.27. The Bertz CT molecular complexity index is 1260. The molecule has 1 aliphatic carbocycles. The number of nitrogens with one attached hydrogen (secondary N) is 1. The van der Waals surface area contributed by atoms with Crippen LogP contribution in [-0.4, -0.2) is 51.0 Å². The smallest absolute Gasteiger partial charge is 0.333 e. The van der Waals surface area contributed by atoms with Crippen LogP contribution in [0.3, 0.4) is 0 Å². The lowest BCUT2D eigenvalue weighted by Crippen LogP contribution is -2.49. The monoisotopic (exact) mass is 459 g/mol. The van der Waals surface area contributed by atoms with E-state index >= 15 is 0 Å². The molecule has 2 atom stereocenters. The highest BCUT2D eigenvalue weighted by Gasteiger charge is 2.49. The lowest BCUT2D eigenvalue weighted by molar-refractivity contribution is -0.479. The molecule has 2 amide bonds. The highest BCUT2D eigenvalue weighted by molar-refractivity contribution is 6.00. The molecule has 3 aliphatic rings. The van der Waals surface area contributed by atoms with Crippen LogP contribution in [0.2, 0.25) is 0 Å². The molecule has 1 saturated carbocycles. The number of halogens is 2. The lowest BCUT2D eigenvalue weighted by Gasteiger charge is -2.33. The van der Waals surface area contributed by atoms with Gasteiger partial charge in [0.25, 0.3) is 17.2 Å². The molecule has 1 saturated heterocycles. The summed E-state index contributed by atoms with van der Waals surface area (Å²) in [7, 11) is 0. The Hall–Kier alpha value is -3.47. The van der Waals surface area contributed by atoms with Crippen LogP contribution >= 0.6 is 0 Å². The summed E-state index contributed by atoms with van der Waals surface area (Å²) < 4.78 is 34.6. The van der Waals surface area contributed by atoms with Crippen molar-refractivity contribution < 1.29 is 27.9 Å². The van der Waals surface area contributed by atoms with E-state index in [1.807, 2.05) is 6.92 Å². The number of benzene rings is 1. The lowest BCUT2D eigenvalue weighted by atomic mass is 10.1. The van der Waals surface area contributed by atoms with Gasteiger partial charge in [0.15, 0.2) is 11.9 Å². The predicted octanol–water partition coefficient (Wildman–Crippen LogP) is 1.83. The fraction of sp³-hybridized carbons (Fsp3) is 0.409. The fourth-order valence-corrected chi connectivity index (χ4v) is 4.27. The molecule has 2 aromatic rings. The molecule has 1 aromatic carbocycles. The normalized spacial score (nSPS) is 21.5. The van der Waals surface area contributed by atoms with Crippen molar-refractivity contribution in [3.8, 4) is 0 Å². The largest absolute Gasteiger partial charge is 0.354 e. The molecule has 0 radical (unpaired) electrons. The van der Waals surface area contributed by atoms with Crippen molar-refractivity contribution in [2.45, 2.75) is 51.2 Å². The van der Waals surface area contributed by atoms with Crippen molar-refractivity contribution in [1.29, 1.82) is 0 Å². The predicted molar refractivity (Wildman–Crippen MR) is 110 cm³/mol. The first-order chi connectivity index (χ1) is 15.8. The minimum absolute atomic E-state index is 0.0330. The van der Waals surface area contributed by atoms with Crippen molar-refractivity contribution in [2.75, 3.05) is 6.61 Å². The number of hydrogen-bond donors (Lipinski definition) is 1. The van der Waals surface area contributed by atoms with Gasteiger partial charge in [0.1, 0.15) is 17.2 Å². The van der Waals surface area contributed by atoms with Gasteiger partial charge in [-0.2, -0.15) is 0 Å². The number of pyridine rings is 1. The standard InChI is InChI=1S/C22H20F2N4O5/c1-11-10-33-17-9-26-8-15(21(30)25-7-12-2-3-13(23)6-16(12)24)20(29)18(28(32)14-4-5-14)19(26)22(31)27(11)17/h2-3,6,8,11,14,17H,4-5,7,9-10H2,1H3/p+1/t11-,17+/m0/s1. The summed E-state index contributed by atoms with van der Waals surface area (Å²) in [6.45, 7) is 2.01. The summed E-state index contributed by atoms with van der Waals surface area (Å²) >= 11 is 0. The molecule has 11 heteroatoms. The molecule has 2 fully saturated rings. The number of carbonyl (C=O) groups is 2. The Morgan fingerprint density at radius 2 is 2.03 bits per heavy atom. The van der Waals surface area contributed by atoms with Crippen LogP contribution in [0.5, 0.6) is 0 Å². The van der Waals surface area contributed by atoms with Crippen molar-refractivity contribution in [3.05, 3.63) is 68.0 Å². The van der Waals surface area contributed by atoms with Gasteiger partial charge >= 0.3 is 5.69 Å². The van der Waals surface area contributed by atoms with Crippen LogP contribution in [0.1, 0.15) is 46.2 Å². The first-order valence-corrected chi connectivity index (χ1v) is 10.7. The summed E-state index contributed by atoms with van der Waals surface area (Å²) in [5, 5.41) is 2.44. The first-order valence-electron chi connectivity index (χ1n) is 10.7. The minimum Gasteiger partial charge on any atom is -0.354 e. The Morgan fingerprint density at radius 1 is 1.27 bits per heavy atom. The Labute approximate surface area is 186 Å². The van der Waals surface area contributed by atoms with Gasteiger partial charge < -0.3 is 19.5 Å². The number of nitrogens with zero attached hydrogens (tertiary/aromatic N) is 3. The molecular formula is C22H21F2N4O5+. The number of ether oxygens (including phenoxy) is 1. The van der Waals surface area contributed by atoms with Gasteiger partial charge in [-0.3, -0.25) is 14.4 Å². The summed E-state index contributed by atoms with van der Waals surface area (Å²) in [5.74, 6) is -2.92. The van der Waals surface area contributed by atoms with E-state index in [1.54, 1.807) is 0 Å². The highest BCUT2D eigenvalue weighted by atomic mass is 19.1. The number of nitroso groups, excluding NO2 is 1. The highest BCUT2D eigenvalue weighted by Crippen LogP contribution is 2.34. The third-order valence-electron chi connectivity index (χ3n) is 6.16. The number of carbonyl (C=O) groups excluding carboxylic acids is 2. The topological polar surface area (TPSA) is 101 Å². The van der Waals surface area contributed by atoms with Crippen LogP contribution in [0.25, 0.3) is 0 Å². The maximum atomic E-state index is 13.9. The first kappa shape index (κ1) is 21.4. The Kier molecular flexibility index (Phi) is 5.08. The van der Waals surface area contributed by atoms with E-state index in [1.165, 1.54) is 21.7 Å². The summed E-state index contributed by atoms with van der Waals surface area (Å²) in [6.07, 6.45) is 1.84. The van der Waals surface area contributed by atoms with Crippen molar-refractivity contribution in [3.63, 3.8) is 0 Å².